The van der Waals surface area contributed by atoms with E-state index in [1.165, 1.54) is 5.56 Å². The second-order valence-corrected chi connectivity index (χ2v) is 3.05. The van der Waals surface area contributed by atoms with Gasteiger partial charge in [0.1, 0.15) is 0 Å². The number of benzene rings is 1. The summed E-state index contributed by atoms with van der Waals surface area (Å²) in [5.74, 6) is 0.559. The van der Waals surface area contributed by atoms with E-state index in [0.29, 0.717) is 12.5 Å². The van der Waals surface area contributed by atoms with Gasteiger partial charge in [0.25, 0.3) is 0 Å². The maximum absolute atomic E-state index is 5.64. The number of aliphatic imine (C=N–C) groups is 1. The average Bonchev–Trinajstić information content (AvgIpc) is 2.15. The van der Waals surface area contributed by atoms with Crippen LogP contribution in [0.25, 0.3) is 0 Å². The van der Waals surface area contributed by atoms with Crippen molar-refractivity contribution in [3.63, 3.8) is 0 Å². The maximum Gasteiger partial charge on any atom is 0.191 e. The molecule has 0 aliphatic rings. The Bertz CT molecular complexity index is 277. The van der Waals surface area contributed by atoms with E-state index in [1.54, 1.807) is 4.90 Å². The van der Waals surface area contributed by atoms with Crippen molar-refractivity contribution in [3.05, 3.63) is 35.9 Å². The zero-order valence-electron chi connectivity index (χ0n) is 8.07. The van der Waals surface area contributed by atoms with E-state index in [4.69, 9.17) is 5.73 Å². The third-order valence-electron chi connectivity index (χ3n) is 1.72. The minimum Gasteiger partial charge on any atom is -0.370 e. The summed E-state index contributed by atoms with van der Waals surface area (Å²) < 4.78 is 0. The van der Waals surface area contributed by atoms with Crippen LogP contribution < -0.4 is 5.73 Å². The van der Waals surface area contributed by atoms with Gasteiger partial charge in [0.15, 0.2) is 5.96 Å². The first kappa shape index (κ1) is 9.58. The highest BCUT2D eigenvalue weighted by Gasteiger charge is 1.93. The Kier molecular flexibility index (Phi) is 3.31. The van der Waals surface area contributed by atoms with Crippen LogP contribution >= 0.6 is 0 Å². The van der Waals surface area contributed by atoms with Gasteiger partial charge in [-0.25, -0.2) is 4.99 Å². The number of guanidine groups is 1. The highest BCUT2D eigenvalue weighted by molar-refractivity contribution is 5.77. The third-order valence-corrected chi connectivity index (χ3v) is 1.72. The molecule has 3 nitrogen and oxygen atoms in total. The molecule has 0 bridgehead atoms. The van der Waals surface area contributed by atoms with Gasteiger partial charge in [-0.05, 0) is 5.56 Å². The lowest BCUT2D eigenvalue weighted by atomic mass is 10.2. The molecule has 0 amide bonds. The predicted molar refractivity (Wildman–Crippen MR) is 55.5 cm³/mol. The molecular weight excluding hydrogens is 162 g/mol. The van der Waals surface area contributed by atoms with Crippen LogP contribution in [-0.4, -0.2) is 25.0 Å². The molecule has 0 saturated heterocycles. The molecule has 0 heterocycles. The summed E-state index contributed by atoms with van der Waals surface area (Å²) in [5.41, 5.74) is 6.81. The standard InChI is InChI=1S/C10H15N3/c1-13(2)10(11)12-8-9-6-4-3-5-7-9/h3-7H,8H2,1-2H3,(H2,11,12). The zero-order chi connectivity index (χ0) is 9.68. The first-order valence-corrected chi connectivity index (χ1v) is 4.21. The first-order chi connectivity index (χ1) is 6.20. The van der Waals surface area contributed by atoms with Crippen molar-refractivity contribution in [2.24, 2.45) is 10.7 Å². The fourth-order valence-electron chi connectivity index (χ4n) is 0.897. The van der Waals surface area contributed by atoms with Gasteiger partial charge in [-0.2, -0.15) is 0 Å². The molecule has 2 N–H and O–H groups in total. The molecule has 0 aliphatic carbocycles. The lowest BCUT2D eigenvalue weighted by Gasteiger charge is -2.10. The van der Waals surface area contributed by atoms with E-state index < -0.39 is 0 Å². The zero-order valence-corrected chi connectivity index (χ0v) is 8.07. The summed E-state index contributed by atoms with van der Waals surface area (Å²) in [6.07, 6.45) is 0. The highest BCUT2D eigenvalue weighted by Crippen LogP contribution is 1.99. The molecule has 0 unspecified atom stereocenters. The van der Waals surface area contributed by atoms with Crippen molar-refractivity contribution in [1.82, 2.24) is 4.90 Å². The molecule has 1 aromatic carbocycles. The van der Waals surface area contributed by atoms with Crippen molar-refractivity contribution >= 4 is 5.96 Å². The Balaban J connectivity index is 2.57. The van der Waals surface area contributed by atoms with Gasteiger partial charge in [-0.3, -0.25) is 0 Å². The van der Waals surface area contributed by atoms with Crippen LogP contribution in [0.3, 0.4) is 0 Å². The van der Waals surface area contributed by atoms with Gasteiger partial charge in [0.05, 0.1) is 6.54 Å². The minimum atomic E-state index is 0.559. The number of hydrogen-bond acceptors (Lipinski definition) is 1. The predicted octanol–water partition coefficient (Wildman–Crippen LogP) is 1.06. The summed E-state index contributed by atoms with van der Waals surface area (Å²) in [4.78, 5) is 6.01. The van der Waals surface area contributed by atoms with Crippen molar-refractivity contribution < 1.29 is 0 Å². The molecule has 0 radical (unpaired) electrons. The van der Waals surface area contributed by atoms with Crippen LogP contribution in [0.4, 0.5) is 0 Å². The van der Waals surface area contributed by atoms with Crippen LogP contribution in [0, 0.1) is 0 Å². The molecule has 0 aliphatic heterocycles. The Morgan fingerprint density at radius 1 is 1.31 bits per heavy atom. The SMILES string of the molecule is CN(C)C(N)=NCc1ccccc1. The van der Waals surface area contributed by atoms with E-state index in [2.05, 4.69) is 4.99 Å². The highest BCUT2D eigenvalue weighted by atomic mass is 15.2. The summed E-state index contributed by atoms with van der Waals surface area (Å²) in [5, 5.41) is 0. The molecule has 13 heavy (non-hydrogen) atoms. The Labute approximate surface area is 78.9 Å². The first-order valence-electron chi connectivity index (χ1n) is 4.21. The molecule has 0 aromatic heterocycles. The summed E-state index contributed by atoms with van der Waals surface area (Å²) in [7, 11) is 3.76. The lowest BCUT2D eigenvalue weighted by molar-refractivity contribution is 0.609. The van der Waals surface area contributed by atoms with Gasteiger partial charge in [0, 0.05) is 14.1 Å². The number of nitrogens with zero attached hydrogens (tertiary/aromatic N) is 2. The maximum atomic E-state index is 5.64. The molecule has 0 spiro atoms. The quantitative estimate of drug-likeness (QED) is 0.542. The van der Waals surface area contributed by atoms with Crippen LogP contribution in [-0.2, 0) is 6.54 Å². The lowest BCUT2D eigenvalue weighted by Crippen LogP contribution is -2.30. The average molecular weight is 177 g/mol. The van der Waals surface area contributed by atoms with Crippen molar-refractivity contribution in [1.29, 1.82) is 0 Å². The minimum absolute atomic E-state index is 0.559. The number of hydrogen-bond donors (Lipinski definition) is 1. The topological polar surface area (TPSA) is 41.6 Å². The van der Waals surface area contributed by atoms with Crippen molar-refractivity contribution in [2.45, 2.75) is 6.54 Å². The molecule has 0 saturated carbocycles. The van der Waals surface area contributed by atoms with Gasteiger partial charge < -0.3 is 10.6 Å². The summed E-state index contributed by atoms with van der Waals surface area (Å²) >= 11 is 0. The molecule has 70 valence electrons. The third kappa shape index (κ3) is 3.15. The van der Waals surface area contributed by atoms with Gasteiger partial charge >= 0.3 is 0 Å². The van der Waals surface area contributed by atoms with Gasteiger partial charge in [-0.15, -0.1) is 0 Å². The molecule has 3 heteroatoms. The second-order valence-electron chi connectivity index (χ2n) is 3.05. The van der Waals surface area contributed by atoms with Crippen LogP contribution in [0.15, 0.2) is 35.3 Å². The Morgan fingerprint density at radius 3 is 2.46 bits per heavy atom. The Hall–Kier alpha value is -1.51. The van der Waals surface area contributed by atoms with E-state index in [0.717, 1.165) is 0 Å². The molecule has 0 atom stereocenters. The number of rotatable bonds is 2. The van der Waals surface area contributed by atoms with E-state index >= 15 is 0 Å². The second kappa shape index (κ2) is 4.50. The largest absolute Gasteiger partial charge is 0.370 e. The summed E-state index contributed by atoms with van der Waals surface area (Å²) in [6, 6.07) is 10.1. The van der Waals surface area contributed by atoms with Crippen molar-refractivity contribution in [3.8, 4) is 0 Å². The fraction of sp³-hybridized carbons (Fsp3) is 0.300. The van der Waals surface area contributed by atoms with Crippen LogP contribution in [0.1, 0.15) is 5.56 Å². The summed E-state index contributed by atoms with van der Waals surface area (Å²) in [6.45, 7) is 0.644. The number of nitrogens with two attached hydrogens (primary N) is 1. The Morgan fingerprint density at radius 2 is 1.92 bits per heavy atom. The van der Waals surface area contributed by atoms with Crippen molar-refractivity contribution in [2.75, 3.05) is 14.1 Å². The van der Waals surface area contributed by atoms with Crippen LogP contribution in [0.5, 0.6) is 0 Å². The molecular formula is C10H15N3. The fourth-order valence-corrected chi connectivity index (χ4v) is 0.897. The molecule has 0 fully saturated rings. The van der Waals surface area contributed by atoms with E-state index in [9.17, 15) is 0 Å². The van der Waals surface area contributed by atoms with E-state index in [-0.39, 0.29) is 0 Å². The van der Waals surface area contributed by atoms with E-state index in [1.807, 2.05) is 44.4 Å². The van der Waals surface area contributed by atoms with Gasteiger partial charge in [-0.1, -0.05) is 30.3 Å². The normalized spacial score (nSPS) is 11.4. The molecule has 1 aromatic rings. The smallest absolute Gasteiger partial charge is 0.191 e. The van der Waals surface area contributed by atoms with Gasteiger partial charge in [0.2, 0.25) is 0 Å². The van der Waals surface area contributed by atoms with Crippen LogP contribution in [0.2, 0.25) is 0 Å². The molecule has 1 rings (SSSR count). The monoisotopic (exact) mass is 177 g/mol.